The predicted molar refractivity (Wildman–Crippen MR) is 111 cm³/mol. The lowest BCUT2D eigenvalue weighted by Gasteiger charge is -2.29. The van der Waals surface area contributed by atoms with Gasteiger partial charge in [0.2, 0.25) is 0 Å². The summed E-state index contributed by atoms with van der Waals surface area (Å²) in [7, 11) is 1.59. The quantitative estimate of drug-likeness (QED) is 0.487. The molecule has 1 aromatic heterocycles. The monoisotopic (exact) mass is 398 g/mol. The maximum absolute atomic E-state index is 13.0. The van der Waals surface area contributed by atoms with Crippen LogP contribution in [-0.4, -0.2) is 25.8 Å². The lowest BCUT2D eigenvalue weighted by atomic mass is 9.73. The molecular weight excluding hydrogens is 372 g/mol. The van der Waals surface area contributed by atoms with Crippen molar-refractivity contribution >= 4 is 28.2 Å². The summed E-state index contributed by atoms with van der Waals surface area (Å²) >= 11 is 0. The van der Waals surface area contributed by atoms with E-state index in [2.05, 4.69) is 0 Å². The van der Waals surface area contributed by atoms with Crippen LogP contribution in [0.15, 0.2) is 27.3 Å². The van der Waals surface area contributed by atoms with E-state index in [1.807, 2.05) is 20.8 Å². The zero-order valence-corrected chi connectivity index (χ0v) is 17.5. The Morgan fingerprint density at radius 3 is 2.24 bits per heavy atom. The van der Waals surface area contributed by atoms with Crippen LogP contribution in [0.3, 0.4) is 0 Å². The van der Waals surface area contributed by atoms with Gasteiger partial charge in [0.1, 0.15) is 11.3 Å². The van der Waals surface area contributed by atoms with Crippen molar-refractivity contribution in [2.24, 2.45) is 12.5 Å². The van der Waals surface area contributed by atoms with Crippen LogP contribution in [-0.2, 0) is 23.2 Å². The van der Waals surface area contributed by atoms with Crippen LogP contribution in [0.1, 0.15) is 51.2 Å². The lowest BCUT2D eigenvalue weighted by molar-refractivity contribution is -0.127. The Morgan fingerprint density at radius 1 is 1.10 bits per heavy atom. The van der Waals surface area contributed by atoms with Crippen LogP contribution in [0.2, 0.25) is 0 Å². The Hall–Kier alpha value is -2.96. The molecule has 0 amide bonds. The summed E-state index contributed by atoms with van der Waals surface area (Å²) in [5.74, 6) is -1.19. The molecule has 1 N–H and O–H groups in total. The fourth-order valence-electron chi connectivity index (χ4n) is 4.09. The number of Topliss-reactive ketones (excluding diaryl/α,β-unsaturated/α-hetero) is 2. The van der Waals surface area contributed by atoms with Gasteiger partial charge in [-0.05, 0) is 36.5 Å². The maximum Gasteiger partial charge on any atom is 0.331 e. The summed E-state index contributed by atoms with van der Waals surface area (Å²) in [6.07, 6.45) is 0.957. The molecule has 0 radical (unpaired) electrons. The van der Waals surface area contributed by atoms with E-state index in [1.54, 1.807) is 26.1 Å². The Labute approximate surface area is 168 Å². The number of ketones is 2. The van der Waals surface area contributed by atoms with Gasteiger partial charge in [-0.2, -0.15) is 0 Å². The molecule has 7 nitrogen and oxygen atoms in total. The molecule has 0 aliphatic heterocycles. The number of benzene rings is 1. The molecule has 7 heteroatoms. The van der Waals surface area contributed by atoms with E-state index in [-0.39, 0.29) is 30.5 Å². The number of nitrogens with zero attached hydrogens (tertiary/aromatic N) is 2. The molecule has 1 aliphatic carbocycles. The van der Waals surface area contributed by atoms with Crippen LogP contribution in [0.25, 0.3) is 16.7 Å². The first-order valence-corrected chi connectivity index (χ1v) is 9.73. The topological polar surface area (TPSA) is 98.4 Å². The summed E-state index contributed by atoms with van der Waals surface area (Å²) in [4.78, 5) is 50.6. The molecular formula is C22H26N2O5. The average Bonchev–Trinajstić information content (AvgIpc) is 2.61. The van der Waals surface area contributed by atoms with E-state index < -0.39 is 34.0 Å². The summed E-state index contributed by atoms with van der Waals surface area (Å²) in [5.41, 5.74) is -0.360. The second-order valence-corrected chi connectivity index (χ2v) is 8.52. The Bertz CT molecular complexity index is 1170. The number of aromatic nitrogens is 2. The Balaban J connectivity index is 2.31. The number of hydrogen-bond donors (Lipinski definition) is 1. The van der Waals surface area contributed by atoms with Crippen molar-refractivity contribution in [2.45, 2.75) is 53.5 Å². The molecule has 1 aliphatic rings. The lowest BCUT2D eigenvalue weighted by Crippen LogP contribution is -2.39. The highest BCUT2D eigenvalue weighted by Gasteiger charge is 2.38. The smallest absolute Gasteiger partial charge is 0.331 e. The zero-order chi connectivity index (χ0) is 21.7. The van der Waals surface area contributed by atoms with E-state index >= 15 is 0 Å². The van der Waals surface area contributed by atoms with Crippen molar-refractivity contribution < 1.29 is 14.7 Å². The Kier molecular flexibility index (Phi) is 5.11. The molecule has 0 unspecified atom stereocenters. The average molecular weight is 398 g/mol. The first-order chi connectivity index (χ1) is 13.5. The number of carbonyl (C=O) groups is 2. The third-order valence-electron chi connectivity index (χ3n) is 5.56. The highest BCUT2D eigenvalue weighted by Crippen LogP contribution is 2.36. The van der Waals surface area contributed by atoms with E-state index in [4.69, 9.17) is 0 Å². The van der Waals surface area contributed by atoms with E-state index in [0.29, 0.717) is 22.9 Å². The molecule has 154 valence electrons. The van der Waals surface area contributed by atoms with Gasteiger partial charge in [-0.3, -0.25) is 23.5 Å². The first kappa shape index (κ1) is 20.8. The van der Waals surface area contributed by atoms with Crippen LogP contribution >= 0.6 is 0 Å². The number of aliphatic hydroxyl groups is 1. The van der Waals surface area contributed by atoms with Gasteiger partial charge < -0.3 is 5.11 Å². The van der Waals surface area contributed by atoms with E-state index in [9.17, 15) is 24.3 Å². The van der Waals surface area contributed by atoms with Crippen LogP contribution in [0, 0.1) is 12.3 Å². The fraction of sp³-hybridized carbons (Fsp3) is 0.455. The number of aliphatic hydroxyl groups excluding tert-OH is 1. The third kappa shape index (κ3) is 3.34. The van der Waals surface area contributed by atoms with Crippen LogP contribution < -0.4 is 11.2 Å². The van der Waals surface area contributed by atoms with Gasteiger partial charge >= 0.3 is 5.69 Å². The Morgan fingerprint density at radius 2 is 1.69 bits per heavy atom. The second-order valence-electron chi connectivity index (χ2n) is 8.52. The zero-order valence-electron chi connectivity index (χ0n) is 17.5. The molecule has 0 atom stereocenters. The highest BCUT2D eigenvalue weighted by molar-refractivity contribution is 6.26. The first-order valence-electron chi connectivity index (χ1n) is 9.73. The fourth-order valence-corrected chi connectivity index (χ4v) is 4.09. The summed E-state index contributed by atoms with van der Waals surface area (Å²) in [6.45, 7) is 7.49. The van der Waals surface area contributed by atoms with Crippen molar-refractivity contribution in [1.29, 1.82) is 0 Å². The van der Waals surface area contributed by atoms with Crippen LogP contribution in [0.4, 0.5) is 0 Å². The van der Waals surface area contributed by atoms with E-state index in [1.165, 1.54) is 9.13 Å². The van der Waals surface area contributed by atoms with Gasteiger partial charge in [-0.1, -0.05) is 20.8 Å². The molecule has 1 aromatic carbocycles. The standard InChI is InChI=1S/C22H26N2O5/c1-6-9-24-20(28)17-12(2)13(7-8-14(17)23(5)21(24)29)19(27)18-15(25)10-22(3,4)11-16(18)26/h7-8,27H,6,9-11H2,1-5H3. The van der Waals surface area contributed by atoms with Crippen molar-refractivity contribution in [3.05, 3.63) is 49.7 Å². The van der Waals surface area contributed by atoms with Crippen molar-refractivity contribution in [3.63, 3.8) is 0 Å². The molecule has 0 saturated heterocycles. The van der Waals surface area contributed by atoms with Gasteiger partial charge in [0.05, 0.1) is 10.9 Å². The molecule has 2 aromatic rings. The van der Waals surface area contributed by atoms with Crippen LogP contribution in [0.5, 0.6) is 0 Å². The number of rotatable bonds is 3. The van der Waals surface area contributed by atoms with Crippen molar-refractivity contribution in [2.75, 3.05) is 0 Å². The SMILES string of the molecule is CCCn1c(=O)c2c(C)c(C(O)=C3C(=O)CC(C)(C)CC3=O)ccc2n(C)c1=O. The number of hydrogen-bond acceptors (Lipinski definition) is 5. The van der Waals surface area contributed by atoms with Gasteiger partial charge in [0, 0.05) is 32.0 Å². The largest absolute Gasteiger partial charge is 0.506 e. The summed E-state index contributed by atoms with van der Waals surface area (Å²) in [5, 5.41) is 11.1. The van der Waals surface area contributed by atoms with Gasteiger partial charge in [-0.25, -0.2) is 4.79 Å². The van der Waals surface area contributed by atoms with E-state index in [0.717, 1.165) is 0 Å². The molecule has 1 heterocycles. The second kappa shape index (κ2) is 7.13. The molecule has 1 fully saturated rings. The molecule has 0 spiro atoms. The molecule has 3 rings (SSSR count). The summed E-state index contributed by atoms with van der Waals surface area (Å²) in [6, 6.07) is 3.11. The highest BCUT2D eigenvalue weighted by atomic mass is 16.3. The minimum Gasteiger partial charge on any atom is -0.506 e. The minimum atomic E-state index is -0.442. The van der Waals surface area contributed by atoms with Gasteiger partial charge in [0.25, 0.3) is 5.56 Å². The third-order valence-corrected chi connectivity index (χ3v) is 5.56. The molecule has 0 bridgehead atoms. The van der Waals surface area contributed by atoms with Gasteiger partial charge in [0.15, 0.2) is 11.6 Å². The van der Waals surface area contributed by atoms with Crippen molar-refractivity contribution in [3.8, 4) is 0 Å². The summed E-state index contributed by atoms with van der Waals surface area (Å²) < 4.78 is 2.57. The number of fused-ring (bicyclic) bond motifs is 1. The number of allylic oxidation sites excluding steroid dienone is 1. The predicted octanol–water partition coefficient (Wildman–Crippen LogP) is 2.65. The molecule has 1 saturated carbocycles. The number of carbonyl (C=O) groups excluding carboxylic acids is 2. The molecule has 29 heavy (non-hydrogen) atoms. The minimum absolute atomic E-state index is 0.169. The normalized spacial score (nSPS) is 16.5. The number of aryl methyl sites for hydroxylation is 2. The maximum atomic E-state index is 13.0. The van der Waals surface area contributed by atoms with Crippen molar-refractivity contribution in [1.82, 2.24) is 9.13 Å². The van der Waals surface area contributed by atoms with Gasteiger partial charge in [-0.15, -0.1) is 0 Å².